The minimum Gasteiger partial charge on any atom is -0.346 e. The van der Waals surface area contributed by atoms with Gasteiger partial charge in [0.05, 0.1) is 17.9 Å². The highest BCUT2D eigenvalue weighted by Crippen LogP contribution is 2.26. The van der Waals surface area contributed by atoms with Gasteiger partial charge in [-0.25, -0.2) is 9.37 Å². The van der Waals surface area contributed by atoms with Gasteiger partial charge in [0.25, 0.3) is 5.91 Å². The molecule has 0 saturated carbocycles. The number of aromatic nitrogens is 3. The van der Waals surface area contributed by atoms with E-state index < -0.39 is 0 Å². The van der Waals surface area contributed by atoms with Crippen molar-refractivity contribution in [1.29, 1.82) is 0 Å². The molecule has 0 bridgehead atoms. The predicted molar refractivity (Wildman–Crippen MR) is 133 cm³/mol. The Labute approximate surface area is 202 Å². The minimum absolute atomic E-state index is 0.160. The molecule has 2 aromatic heterocycles. The first kappa shape index (κ1) is 23.8. The molecule has 35 heavy (non-hydrogen) atoms. The lowest BCUT2D eigenvalue weighted by atomic mass is 10.0. The summed E-state index contributed by atoms with van der Waals surface area (Å²) in [5.74, 6) is -0.458. The van der Waals surface area contributed by atoms with Gasteiger partial charge in [0.15, 0.2) is 5.82 Å². The fraction of sp³-hybridized carbons (Fsp3) is 0.185. The Morgan fingerprint density at radius 1 is 0.971 bits per heavy atom. The number of halogens is 1. The first-order valence-corrected chi connectivity index (χ1v) is 11.3. The van der Waals surface area contributed by atoms with Crippen LogP contribution in [0.1, 0.15) is 42.7 Å². The molecular formula is C27H26FN5O2. The van der Waals surface area contributed by atoms with Crippen LogP contribution in [-0.4, -0.2) is 26.8 Å². The van der Waals surface area contributed by atoms with E-state index in [1.54, 1.807) is 56.6 Å². The second-order valence-corrected chi connectivity index (χ2v) is 8.55. The summed E-state index contributed by atoms with van der Waals surface area (Å²) in [7, 11) is 0. The molecule has 7 nitrogen and oxygen atoms in total. The quantitative estimate of drug-likeness (QED) is 0.338. The summed E-state index contributed by atoms with van der Waals surface area (Å²) in [6.45, 7) is 5.42. The zero-order valence-electron chi connectivity index (χ0n) is 19.7. The summed E-state index contributed by atoms with van der Waals surface area (Å²) >= 11 is 0. The lowest BCUT2D eigenvalue weighted by Gasteiger charge is -2.16. The van der Waals surface area contributed by atoms with Crippen molar-refractivity contribution >= 4 is 17.5 Å². The fourth-order valence-corrected chi connectivity index (χ4v) is 3.49. The number of benzene rings is 2. The Kier molecular flexibility index (Phi) is 7.01. The highest BCUT2D eigenvalue weighted by molar-refractivity contribution is 5.99. The molecule has 0 spiro atoms. The van der Waals surface area contributed by atoms with Crippen LogP contribution in [0.25, 0.3) is 22.8 Å². The number of anilines is 1. The molecule has 3 N–H and O–H groups in total. The number of nitrogens with zero attached hydrogens (tertiary/aromatic N) is 2. The number of hydrogen-bond donors (Lipinski definition) is 3. The van der Waals surface area contributed by atoms with Gasteiger partial charge in [0.2, 0.25) is 5.91 Å². The van der Waals surface area contributed by atoms with E-state index >= 15 is 0 Å². The van der Waals surface area contributed by atoms with Crippen LogP contribution >= 0.6 is 0 Å². The highest BCUT2D eigenvalue weighted by atomic mass is 19.1. The van der Waals surface area contributed by atoms with E-state index in [0.717, 1.165) is 5.56 Å². The predicted octanol–water partition coefficient (Wildman–Crippen LogP) is 5.36. The van der Waals surface area contributed by atoms with Crippen LogP contribution in [0.4, 0.5) is 10.1 Å². The van der Waals surface area contributed by atoms with Crippen molar-refractivity contribution < 1.29 is 14.0 Å². The van der Waals surface area contributed by atoms with Crippen molar-refractivity contribution in [3.63, 3.8) is 0 Å². The maximum Gasteiger partial charge on any atom is 0.251 e. The van der Waals surface area contributed by atoms with Crippen LogP contribution in [-0.2, 0) is 4.79 Å². The third-order valence-electron chi connectivity index (χ3n) is 5.50. The second-order valence-electron chi connectivity index (χ2n) is 8.55. The monoisotopic (exact) mass is 471 g/mol. The second kappa shape index (κ2) is 10.3. The van der Waals surface area contributed by atoms with Gasteiger partial charge in [-0.1, -0.05) is 32.0 Å². The molecule has 0 aliphatic rings. The van der Waals surface area contributed by atoms with Gasteiger partial charge in [0.1, 0.15) is 11.5 Å². The number of nitrogens with one attached hydrogen (secondary N) is 3. The molecule has 4 rings (SSSR count). The standard InChI is InChI=1S/C27H26FN5O2/c1-16(2)26(34)32-22-13-19(24-15-30-25(33-24)23-6-4-5-11-29-23)12-20(14-22)27(35)31-17(3)18-7-9-21(28)10-8-18/h4-17H,1-3H3,(H,30,33)(H,31,35)(H,32,34)/t17-/m1/s1. The minimum atomic E-state index is -0.344. The normalized spacial score (nSPS) is 11.8. The van der Waals surface area contributed by atoms with Crippen LogP contribution in [0.5, 0.6) is 0 Å². The zero-order valence-corrected chi connectivity index (χ0v) is 19.7. The molecule has 4 aromatic rings. The van der Waals surface area contributed by atoms with Crippen molar-refractivity contribution in [1.82, 2.24) is 20.3 Å². The average Bonchev–Trinajstić information content (AvgIpc) is 3.35. The summed E-state index contributed by atoms with van der Waals surface area (Å²) in [4.78, 5) is 37.4. The van der Waals surface area contributed by atoms with E-state index in [0.29, 0.717) is 34.0 Å². The van der Waals surface area contributed by atoms with Gasteiger partial charge < -0.3 is 15.6 Å². The number of pyridine rings is 1. The van der Waals surface area contributed by atoms with Gasteiger partial charge in [-0.2, -0.15) is 0 Å². The summed E-state index contributed by atoms with van der Waals surface area (Å²) < 4.78 is 13.3. The van der Waals surface area contributed by atoms with E-state index in [9.17, 15) is 14.0 Å². The Morgan fingerprint density at radius 2 is 1.74 bits per heavy atom. The molecule has 0 aliphatic carbocycles. The Hall–Kier alpha value is -4.33. The van der Waals surface area contributed by atoms with Crippen LogP contribution < -0.4 is 10.6 Å². The van der Waals surface area contributed by atoms with Crippen molar-refractivity contribution in [3.05, 3.63) is 90.0 Å². The molecule has 2 aromatic carbocycles. The molecule has 178 valence electrons. The van der Waals surface area contributed by atoms with Crippen LogP contribution in [0.2, 0.25) is 0 Å². The Morgan fingerprint density at radius 3 is 2.43 bits per heavy atom. The summed E-state index contributed by atoms with van der Waals surface area (Å²) in [6, 6.07) is 16.3. The number of aromatic amines is 1. The van der Waals surface area contributed by atoms with Crippen LogP contribution in [0.3, 0.4) is 0 Å². The third kappa shape index (κ3) is 5.78. The summed E-state index contributed by atoms with van der Waals surface area (Å²) in [5.41, 5.74) is 3.68. The third-order valence-corrected chi connectivity index (χ3v) is 5.50. The molecular weight excluding hydrogens is 445 g/mol. The van der Waals surface area contributed by atoms with Crippen LogP contribution in [0, 0.1) is 11.7 Å². The van der Waals surface area contributed by atoms with Crippen molar-refractivity contribution in [2.45, 2.75) is 26.8 Å². The number of imidazole rings is 1. The summed E-state index contributed by atoms with van der Waals surface area (Å²) in [5, 5.41) is 5.80. The molecule has 0 unspecified atom stereocenters. The fourth-order valence-electron chi connectivity index (χ4n) is 3.49. The highest BCUT2D eigenvalue weighted by Gasteiger charge is 2.17. The first-order chi connectivity index (χ1) is 16.8. The number of hydrogen-bond acceptors (Lipinski definition) is 4. The average molecular weight is 472 g/mol. The molecule has 8 heteroatoms. The largest absolute Gasteiger partial charge is 0.346 e. The topological polar surface area (TPSA) is 99.8 Å². The van der Waals surface area contributed by atoms with E-state index in [1.807, 2.05) is 25.1 Å². The lowest BCUT2D eigenvalue weighted by molar-refractivity contribution is -0.118. The van der Waals surface area contributed by atoms with Gasteiger partial charge in [-0.15, -0.1) is 0 Å². The van der Waals surface area contributed by atoms with Gasteiger partial charge >= 0.3 is 0 Å². The number of H-pyrrole nitrogens is 1. The maximum atomic E-state index is 13.3. The molecule has 0 radical (unpaired) electrons. The number of rotatable bonds is 7. The van der Waals surface area contributed by atoms with Crippen molar-refractivity contribution in [2.24, 2.45) is 5.92 Å². The van der Waals surface area contributed by atoms with Gasteiger partial charge in [0, 0.05) is 28.9 Å². The lowest BCUT2D eigenvalue weighted by Crippen LogP contribution is -2.27. The molecule has 1 atom stereocenters. The van der Waals surface area contributed by atoms with E-state index in [2.05, 4.69) is 25.6 Å². The van der Waals surface area contributed by atoms with Crippen LogP contribution in [0.15, 0.2) is 73.1 Å². The van der Waals surface area contributed by atoms with Gasteiger partial charge in [-0.3, -0.25) is 14.6 Å². The molecule has 0 fully saturated rings. The zero-order chi connectivity index (χ0) is 24.9. The molecule has 2 heterocycles. The molecule has 0 aliphatic heterocycles. The van der Waals surface area contributed by atoms with Gasteiger partial charge in [-0.05, 0) is 55.0 Å². The number of carbonyl (C=O) groups excluding carboxylic acids is 2. The molecule has 2 amide bonds. The SMILES string of the molecule is CC(C)C(=O)Nc1cc(C(=O)N[C@H](C)c2ccc(F)cc2)cc(-c2cnc(-c3ccccn3)[nH]2)c1. The Balaban J connectivity index is 1.65. The van der Waals surface area contributed by atoms with Crippen molar-refractivity contribution in [3.8, 4) is 22.8 Å². The number of carbonyl (C=O) groups is 2. The van der Waals surface area contributed by atoms with E-state index in [-0.39, 0.29) is 29.6 Å². The van der Waals surface area contributed by atoms with E-state index in [1.165, 1.54) is 12.1 Å². The Bertz CT molecular complexity index is 1330. The summed E-state index contributed by atoms with van der Waals surface area (Å²) in [6.07, 6.45) is 3.35. The van der Waals surface area contributed by atoms with E-state index in [4.69, 9.17) is 0 Å². The molecule has 0 saturated heterocycles. The van der Waals surface area contributed by atoms with Crippen molar-refractivity contribution in [2.75, 3.05) is 5.32 Å². The first-order valence-electron chi connectivity index (χ1n) is 11.3. The number of amides is 2. The maximum absolute atomic E-state index is 13.3. The smallest absolute Gasteiger partial charge is 0.251 e.